The van der Waals surface area contributed by atoms with Gasteiger partial charge in [-0.15, -0.1) is 10.2 Å². The van der Waals surface area contributed by atoms with Crippen molar-refractivity contribution in [2.24, 2.45) is 0 Å². The molecule has 2 fully saturated rings. The Morgan fingerprint density at radius 2 is 1.91 bits per heavy atom. The number of aliphatic hydroxyl groups is 1. The smallest absolute Gasteiger partial charge is 0.253 e. The normalized spacial score (nSPS) is 21.7. The zero-order chi connectivity index (χ0) is 22.6. The molecule has 0 saturated heterocycles. The van der Waals surface area contributed by atoms with Crippen molar-refractivity contribution in [3.8, 4) is 0 Å². The van der Waals surface area contributed by atoms with Gasteiger partial charge in [0.1, 0.15) is 6.33 Å². The standard InChI is InChI=1S/C24H31N7O2/c32-19-11-9-17(10-12-19)28-24-26-13-16-5-4-8-20(22(16)29-24)23(33)25-14-21-30-27-15-31(21)18-6-2-1-3-7-18/h4-5,8,13,15,17-19,32H,1-3,6-7,9-12,14H2,(H,25,33)(H,26,28,29)/t17-,19-. The monoisotopic (exact) mass is 449 g/mol. The molecule has 2 saturated carbocycles. The van der Waals surface area contributed by atoms with Crippen LogP contribution in [0.1, 0.15) is 80.0 Å². The summed E-state index contributed by atoms with van der Waals surface area (Å²) in [5.41, 5.74) is 1.14. The second-order valence-corrected chi connectivity index (χ2v) is 9.22. The van der Waals surface area contributed by atoms with Crippen LogP contribution in [0.4, 0.5) is 5.95 Å². The molecular formula is C24H31N7O2. The Morgan fingerprint density at radius 1 is 1.09 bits per heavy atom. The van der Waals surface area contributed by atoms with E-state index in [1.54, 1.807) is 18.6 Å². The first-order valence-electron chi connectivity index (χ1n) is 12.0. The molecule has 2 aliphatic carbocycles. The highest BCUT2D eigenvalue weighted by Crippen LogP contribution is 2.28. The van der Waals surface area contributed by atoms with Gasteiger partial charge >= 0.3 is 0 Å². The first-order chi connectivity index (χ1) is 16.2. The molecule has 0 spiro atoms. The van der Waals surface area contributed by atoms with E-state index in [2.05, 4.69) is 35.4 Å². The fraction of sp³-hybridized carbons (Fsp3) is 0.542. The second kappa shape index (κ2) is 9.82. The number of rotatable bonds is 6. The first-order valence-corrected chi connectivity index (χ1v) is 12.0. The van der Waals surface area contributed by atoms with Gasteiger partial charge < -0.3 is 20.3 Å². The van der Waals surface area contributed by atoms with Gasteiger partial charge in [-0.1, -0.05) is 31.4 Å². The lowest BCUT2D eigenvalue weighted by molar-refractivity contribution is 0.0950. The summed E-state index contributed by atoms with van der Waals surface area (Å²) in [5.74, 6) is 1.11. The summed E-state index contributed by atoms with van der Waals surface area (Å²) in [6.45, 7) is 0.326. The Hall–Kier alpha value is -3.07. The largest absolute Gasteiger partial charge is 0.393 e. The lowest BCUT2D eigenvalue weighted by Gasteiger charge is -2.26. The molecule has 3 N–H and O–H groups in total. The highest BCUT2D eigenvalue weighted by atomic mass is 16.3. The summed E-state index contributed by atoms with van der Waals surface area (Å²) in [6.07, 6.45) is 12.7. The van der Waals surface area contributed by atoms with Gasteiger partial charge in [-0.05, 0) is 44.6 Å². The number of aromatic nitrogens is 5. The van der Waals surface area contributed by atoms with Crippen LogP contribution in [0.25, 0.3) is 10.9 Å². The molecule has 1 amide bonds. The number of carbonyl (C=O) groups excluding carboxylic acids is 1. The van der Waals surface area contributed by atoms with Gasteiger partial charge in [0.05, 0.1) is 23.7 Å². The summed E-state index contributed by atoms with van der Waals surface area (Å²) in [4.78, 5) is 22.2. The second-order valence-electron chi connectivity index (χ2n) is 9.22. The third kappa shape index (κ3) is 4.98. The van der Waals surface area contributed by atoms with E-state index in [0.29, 0.717) is 29.6 Å². The van der Waals surface area contributed by atoms with Crippen LogP contribution in [0.2, 0.25) is 0 Å². The number of fused-ring (bicyclic) bond motifs is 1. The molecule has 5 rings (SSSR count). The van der Waals surface area contributed by atoms with E-state index in [1.807, 2.05) is 12.1 Å². The highest BCUT2D eigenvalue weighted by molar-refractivity contribution is 6.05. The highest BCUT2D eigenvalue weighted by Gasteiger charge is 2.21. The van der Waals surface area contributed by atoms with Crippen molar-refractivity contribution >= 4 is 22.8 Å². The molecule has 3 aromatic rings. The molecule has 33 heavy (non-hydrogen) atoms. The number of para-hydroxylation sites is 1. The molecule has 9 heteroatoms. The molecule has 1 aromatic carbocycles. The first kappa shape index (κ1) is 21.8. The molecule has 0 bridgehead atoms. The zero-order valence-electron chi connectivity index (χ0n) is 18.8. The van der Waals surface area contributed by atoms with E-state index in [1.165, 1.54) is 19.3 Å². The SMILES string of the molecule is O=C(NCc1nncn1C1CCCCC1)c1cccc2cnc(N[C@H]3CC[C@H](O)CC3)nc12. The number of carbonyl (C=O) groups is 1. The van der Waals surface area contributed by atoms with Crippen LogP contribution in [0.15, 0.2) is 30.7 Å². The number of amides is 1. The average Bonchev–Trinajstić information content (AvgIpc) is 3.33. The summed E-state index contributed by atoms with van der Waals surface area (Å²) >= 11 is 0. The molecule has 9 nitrogen and oxygen atoms in total. The van der Waals surface area contributed by atoms with Crippen molar-refractivity contribution in [2.75, 3.05) is 5.32 Å². The van der Waals surface area contributed by atoms with Crippen LogP contribution in [-0.2, 0) is 6.54 Å². The Labute approximate surface area is 193 Å². The topological polar surface area (TPSA) is 118 Å². The number of hydrogen-bond acceptors (Lipinski definition) is 7. The Balaban J connectivity index is 1.30. The van der Waals surface area contributed by atoms with Crippen molar-refractivity contribution < 1.29 is 9.90 Å². The van der Waals surface area contributed by atoms with Crippen molar-refractivity contribution in [3.63, 3.8) is 0 Å². The predicted octanol–water partition coefficient (Wildman–Crippen LogP) is 3.37. The molecule has 0 radical (unpaired) electrons. The Bertz CT molecular complexity index is 1100. The number of nitrogens with zero attached hydrogens (tertiary/aromatic N) is 5. The minimum atomic E-state index is -0.209. The maximum atomic E-state index is 13.1. The zero-order valence-corrected chi connectivity index (χ0v) is 18.8. The van der Waals surface area contributed by atoms with Crippen LogP contribution in [0.3, 0.4) is 0 Å². The van der Waals surface area contributed by atoms with Crippen molar-refractivity contribution in [1.82, 2.24) is 30.0 Å². The summed E-state index contributed by atoms with van der Waals surface area (Å²) in [5, 5.41) is 25.3. The molecule has 0 aliphatic heterocycles. The van der Waals surface area contributed by atoms with E-state index in [-0.39, 0.29) is 18.1 Å². The number of hydrogen-bond donors (Lipinski definition) is 3. The number of anilines is 1. The average molecular weight is 450 g/mol. The summed E-state index contributed by atoms with van der Waals surface area (Å²) in [6, 6.07) is 6.20. The third-order valence-electron chi connectivity index (χ3n) is 6.91. The minimum absolute atomic E-state index is 0.191. The lowest BCUT2D eigenvalue weighted by atomic mass is 9.93. The van der Waals surface area contributed by atoms with Crippen LogP contribution in [0.5, 0.6) is 0 Å². The van der Waals surface area contributed by atoms with Gasteiger partial charge in [-0.2, -0.15) is 0 Å². The molecule has 174 valence electrons. The molecular weight excluding hydrogens is 418 g/mol. The van der Waals surface area contributed by atoms with E-state index < -0.39 is 0 Å². The molecule has 0 unspecified atom stereocenters. The summed E-state index contributed by atoms with van der Waals surface area (Å²) < 4.78 is 2.12. The van der Waals surface area contributed by atoms with Gasteiger partial charge in [-0.25, -0.2) is 9.97 Å². The van der Waals surface area contributed by atoms with E-state index in [4.69, 9.17) is 0 Å². The Morgan fingerprint density at radius 3 is 2.73 bits per heavy atom. The van der Waals surface area contributed by atoms with E-state index in [0.717, 1.165) is 49.7 Å². The van der Waals surface area contributed by atoms with Gasteiger partial charge in [-0.3, -0.25) is 4.79 Å². The van der Waals surface area contributed by atoms with Crippen LogP contribution in [-0.4, -0.2) is 47.9 Å². The van der Waals surface area contributed by atoms with Gasteiger partial charge in [0.25, 0.3) is 5.91 Å². The number of nitrogens with one attached hydrogen (secondary N) is 2. The fourth-order valence-corrected chi connectivity index (χ4v) is 5.02. The number of aliphatic hydroxyl groups excluding tert-OH is 1. The lowest BCUT2D eigenvalue weighted by Crippen LogP contribution is -2.29. The van der Waals surface area contributed by atoms with Crippen molar-refractivity contribution in [2.45, 2.75) is 82.5 Å². The van der Waals surface area contributed by atoms with Gasteiger partial charge in [0.15, 0.2) is 5.82 Å². The maximum absolute atomic E-state index is 13.1. The predicted molar refractivity (Wildman–Crippen MR) is 125 cm³/mol. The van der Waals surface area contributed by atoms with E-state index in [9.17, 15) is 9.90 Å². The quantitative estimate of drug-likeness (QED) is 0.528. The van der Waals surface area contributed by atoms with Crippen LogP contribution in [0, 0.1) is 0 Å². The van der Waals surface area contributed by atoms with Crippen LogP contribution < -0.4 is 10.6 Å². The van der Waals surface area contributed by atoms with Crippen molar-refractivity contribution in [1.29, 1.82) is 0 Å². The molecule has 2 aromatic heterocycles. The molecule has 2 aliphatic rings. The van der Waals surface area contributed by atoms with E-state index >= 15 is 0 Å². The number of benzene rings is 1. The third-order valence-corrected chi connectivity index (χ3v) is 6.91. The fourth-order valence-electron chi connectivity index (χ4n) is 5.02. The maximum Gasteiger partial charge on any atom is 0.253 e. The van der Waals surface area contributed by atoms with Crippen molar-refractivity contribution in [3.05, 3.63) is 42.1 Å². The minimum Gasteiger partial charge on any atom is -0.393 e. The summed E-state index contributed by atoms with van der Waals surface area (Å²) in [7, 11) is 0. The molecule has 0 atom stereocenters. The molecule has 2 heterocycles. The van der Waals surface area contributed by atoms with Crippen LogP contribution >= 0.6 is 0 Å². The van der Waals surface area contributed by atoms with Gasteiger partial charge in [0.2, 0.25) is 5.95 Å². The van der Waals surface area contributed by atoms with Gasteiger partial charge in [0, 0.05) is 23.7 Å². The Kier molecular flexibility index (Phi) is 6.48.